The molecule has 0 fully saturated rings. The monoisotopic (exact) mass is 393 g/mol. The Morgan fingerprint density at radius 1 is 1.18 bits per heavy atom. The zero-order chi connectivity index (χ0) is 19.7. The van der Waals surface area contributed by atoms with Crippen molar-refractivity contribution in [2.24, 2.45) is 4.99 Å². The van der Waals surface area contributed by atoms with E-state index in [1.165, 1.54) is 6.26 Å². The number of anilines is 3. The lowest BCUT2D eigenvalue weighted by atomic mass is 9.95. The Morgan fingerprint density at radius 3 is 2.82 bits per heavy atom. The molecule has 0 radical (unpaired) electrons. The van der Waals surface area contributed by atoms with Crippen LogP contribution in [0.5, 0.6) is 0 Å². The van der Waals surface area contributed by atoms with Crippen molar-refractivity contribution in [3.05, 3.63) is 65.4 Å². The summed E-state index contributed by atoms with van der Waals surface area (Å²) in [6, 6.07) is 13.4. The van der Waals surface area contributed by atoms with Crippen LogP contribution in [0.1, 0.15) is 16.7 Å². The molecule has 4 rings (SSSR count). The average Bonchev–Trinajstić information content (AvgIpc) is 3.08. The lowest BCUT2D eigenvalue weighted by Crippen LogP contribution is -2.02. The second kappa shape index (κ2) is 7.05. The molecule has 0 aliphatic carbocycles. The van der Waals surface area contributed by atoms with Crippen LogP contribution in [0, 0.1) is 0 Å². The van der Waals surface area contributed by atoms with Crippen LogP contribution in [0.3, 0.4) is 0 Å². The topological polar surface area (TPSA) is 110 Å². The molecule has 3 N–H and O–H groups in total. The third-order valence-corrected chi connectivity index (χ3v) is 5.24. The van der Waals surface area contributed by atoms with Gasteiger partial charge in [-0.25, -0.2) is 13.4 Å². The Balaban J connectivity index is 1.75. The fraction of sp³-hybridized carbons (Fsp3) is 0.150. The number of aliphatic imine (C=N–C) groups is 1. The summed E-state index contributed by atoms with van der Waals surface area (Å²) in [5.74, 6) is 0.804. The van der Waals surface area contributed by atoms with Crippen molar-refractivity contribution in [1.82, 2.24) is 9.97 Å². The molecular weight excluding hydrogens is 374 g/mol. The van der Waals surface area contributed by atoms with Crippen molar-refractivity contribution < 1.29 is 8.42 Å². The van der Waals surface area contributed by atoms with E-state index in [0.717, 1.165) is 33.5 Å². The molecule has 0 spiro atoms. The molecule has 8 heteroatoms. The van der Waals surface area contributed by atoms with E-state index in [0.29, 0.717) is 12.4 Å². The number of hydrogen-bond donors (Lipinski definition) is 2. The van der Waals surface area contributed by atoms with Crippen LogP contribution in [0.15, 0.2) is 53.7 Å². The summed E-state index contributed by atoms with van der Waals surface area (Å²) < 4.78 is 23.3. The minimum atomic E-state index is -3.10. The van der Waals surface area contributed by atoms with Crippen LogP contribution in [0.25, 0.3) is 11.1 Å². The number of sulfone groups is 1. The number of nitrogens with zero attached hydrogens (tertiary/aromatic N) is 3. The van der Waals surface area contributed by atoms with Gasteiger partial charge in [0.05, 0.1) is 12.3 Å². The summed E-state index contributed by atoms with van der Waals surface area (Å²) in [5, 5.41) is 3.25. The molecule has 2 aromatic carbocycles. The van der Waals surface area contributed by atoms with Crippen LogP contribution in [-0.4, -0.2) is 30.9 Å². The average molecular weight is 393 g/mol. The first-order valence-corrected chi connectivity index (χ1v) is 10.7. The first-order valence-electron chi connectivity index (χ1n) is 8.67. The van der Waals surface area contributed by atoms with Gasteiger partial charge in [-0.15, -0.1) is 0 Å². The third kappa shape index (κ3) is 4.01. The minimum Gasteiger partial charge on any atom is -0.368 e. The van der Waals surface area contributed by atoms with Gasteiger partial charge >= 0.3 is 0 Å². The van der Waals surface area contributed by atoms with Gasteiger partial charge in [-0.3, -0.25) is 4.99 Å². The Morgan fingerprint density at radius 2 is 2.04 bits per heavy atom. The number of hydrogen-bond acceptors (Lipinski definition) is 7. The zero-order valence-corrected chi connectivity index (χ0v) is 16.1. The van der Waals surface area contributed by atoms with Crippen molar-refractivity contribution in [2.75, 3.05) is 17.3 Å². The molecule has 2 heterocycles. The fourth-order valence-corrected chi connectivity index (χ4v) is 4.06. The van der Waals surface area contributed by atoms with E-state index >= 15 is 0 Å². The molecule has 1 aliphatic rings. The van der Waals surface area contributed by atoms with E-state index in [9.17, 15) is 8.42 Å². The lowest BCUT2D eigenvalue weighted by Gasteiger charge is -2.14. The first-order chi connectivity index (χ1) is 13.4. The van der Waals surface area contributed by atoms with Crippen LogP contribution >= 0.6 is 0 Å². The van der Waals surface area contributed by atoms with Gasteiger partial charge in [0.2, 0.25) is 5.95 Å². The number of nitrogens with two attached hydrogens (primary N) is 1. The van der Waals surface area contributed by atoms with Crippen molar-refractivity contribution in [1.29, 1.82) is 0 Å². The van der Waals surface area contributed by atoms with Crippen LogP contribution in [0.2, 0.25) is 0 Å². The van der Waals surface area contributed by atoms with Gasteiger partial charge in [-0.2, -0.15) is 4.98 Å². The van der Waals surface area contributed by atoms with Crippen LogP contribution in [0.4, 0.5) is 17.5 Å². The van der Waals surface area contributed by atoms with Gasteiger partial charge in [-0.05, 0) is 40.5 Å². The zero-order valence-electron chi connectivity index (χ0n) is 15.3. The molecule has 0 saturated carbocycles. The van der Waals surface area contributed by atoms with Crippen molar-refractivity contribution in [2.45, 2.75) is 12.3 Å². The molecule has 0 atom stereocenters. The summed E-state index contributed by atoms with van der Waals surface area (Å²) in [7, 11) is -3.10. The van der Waals surface area contributed by atoms with Crippen molar-refractivity contribution in [3.8, 4) is 11.1 Å². The maximum Gasteiger partial charge on any atom is 0.221 e. The van der Waals surface area contributed by atoms with Crippen molar-refractivity contribution >= 4 is 33.5 Å². The van der Waals surface area contributed by atoms with E-state index in [1.54, 1.807) is 12.3 Å². The number of rotatable bonds is 5. The second-order valence-corrected chi connectivity index (χ2v) is 8.90. The highest BCUT2D eigenvalue weighted by molar-refractivity contribution is 7.89. The van der Waals surface area contributed by atoms with E-state index in [2.05, 4.69) is 20.3 Å². The highest BCUT2D eigenvalue weighted by Crippen LogP contribution is 2.34. The summed E-state index contributed by atoms with van der Waals surface area (Å²) in [6.07, 6.45) is 4.68. The molecule has 1 aliphatic heterocycles. The Hall–Kier alpha value is -3.26. The molecule has 0 amide bonds. The highest BCUT2D eigenvalue weighted by Gasteiger charge is 2.16. The Labute approximate surface area is 163 Å². The number of aromatic nitrogens is 2. The molecule has 28 heavy (non-hydrogen) atoms. The smallest absolute Gasteiger partial charge is 0.221 e. The molecule has 1 aromatic heterocycles. The maximum absolute atomic E-state index is 11.7. The van der Waals surface area contributed by atoms with Gasteiger partial charge in [0.15, 0.2) is 9.84 Å². The third-order valence-electron chi connectivity index (χ3n) is 4.38. The largest absolute Gasteiger partial charge is 0.368 e. The quantitative estimate of drug-likeness (QED) is 0.689. The summed E-state index contributed by atoms with van der Waals surface area (Å²) in [6.45, 7) is 0.599. The molecule has 0 bridgehead atoms. The van der Waals surface area contributed by atoms with Crippen LogP contribution in [-0.2, 0) is 22.1 Å². The second-order valence-electron chi connectivity index (χ2n) is 6.76. The summed E-state index contributed by atoms with van der Waals surface area (Å²) in [5.41, 5.74) is 11.4. The molecular formula is C20H19N5O2S. The van der Waals surface area contributed by atoms with Crippen molar-refractivity contribution in [3.63, 3.8) is 0 Å². The summed E-state index contributed by atoms with van der Waals surface area (Å²) >= 11 is 0. The standard InChI is InChI=1S/C20H19N5O2S/c1-28(26,27)12-13-3-2-4-14(7-13)17-9-16(8-15-10-22-11-18(15)17)24-19-5-6-23-20(21)25-19/h2-10H,11-12H2,1H3,(H3,21,23,24,25). The Bertz CT molecular complexity index is 1190. The number of fused-ring (bicyclic) bond motifs is 1. The Kier molecular flexibility index (Phi) is 4.56. The first kappa shape index (κ1) is 18.1. The maximum atomic E-state index is 11.7. The predicted octanol–water partition coefficient (Wildman–Crippen LogP) is 2.95. The molecule has 142 valence electrons. The number of benzene rings is 2. The molecule has 7 nitrogen and oxygen atoms in total. The normalized spacial score (nSPS) is 12.8. The van der Waals surface area contributed by atoms with Gasteiger partial charge in [0.25, 0.3) is 0 Å². The van der Waals surface area contributed by atoms with E-state index < -0.39 is 9.84 Å². The van der Waals surface area contributed by atoms with Gasteiger partial charge < -0.3 is 11.1 Å². The molecule has 0 unspecified atom stereocenters. The van der Waals surface area contributed by atoms with Gasteiger partial charge in [0, 0.05) is 29.9 Å². The molecule has 0 saturated heterocycles. The van der Waals surface area contributed by atoms with E-state index in [-0.39, 0.29) is 11.7 Å². The van der Waals surface area contributed by atoms with E-state index in [4.69, 9.17) is 5.73 Å². The van der Waals surface area contributed by atoms with Gasteiger partial charge in [-0.1, -0.05) is 24.3 Å². The highest BCUT2D eigenvalue weighted by atomic mass is 32.2. The molecule has 3 aromatic rings. The van der Waals surface area contributed by atoms with Crippen LogP contribution < -0.4 is 11.1 Å². The number of nitrogen functional groups attached to an aromatic ring is 1. The van der Waals surface area contributed by atoms with E-state index in [1.807, 2.05) is 42.6 Å². The lowest BCUT2D eigenvalue weighted by molar-refractivity contribution is 0.601. The minimum absolute atomic E-state index is 0.0116. The summed E-state index contributed by atoms with van der Waals surface area (Å²) in [4.78, 5) is 12.5. The fourth-order valence-electron chi connectivity index (χ4n) is 3.27. The number of nitrogens with one attached hydrogen (secondary N) is 1. The van der Waals surface area contributed by atoms with Gasteiger partial charge in [0.1, 0.15) is 5.82 Å². The predicted molar refractivity (Wildman–Crippen MR) is 111 cm³/mol. The SMILES string of the molecule is CS(=O)(=O)Cc1cccc(-c2cc(Nc3ccnc(N)n3)cc3c2CN=C3)c1.